The first-order chi connectivity index (χ1) is 5.03. The second-order valence-electron chi connectivity index (χ2n) is 4.47. The van der Waals surface area contributed by atoms with Crippen molar-refractivity contribution >= 4 is 5.78 Å². The molecule has 2 fully saturated rings. The maximum absolute atomic E-state index is 11.2. The molecule has 11 heavy (non-hydrogen) atoms. The minimum atomic E-state index is 0.303. The van der Waals surface area contributed by atoms with Crippen molar-refractivity contribution in [3.05, 3.63) is 12.2 Å². The maximum atomic E-state index is 11.2. The van der Waals surface area contributed by atoms with Gasteiger partial charge in [-0.2, -0.15) is 0 Å². The summed E-state index contributed by atoms with van der Waals surface area (Å²) in [5, 5.41) is 0. The van der Waals surface area contributed by atoms with Gasteiger partial charge in [-0.05, 0) is 29.2 Å². The van der Waals surface area contributed by atoms with Crippen LogP contribution >= 0.6 is 0 Å². The van der Waals surface area contributed by atoms with Gasteiger partial charge in [-0.3, -0.25) is 4.79 Å². The molecule has 0 aliphatic heterocycles. The van der Waals surface area contributed by atoms with Gasteiger partial charge in [-0.15, -0.1) is 0 Å². The molecule has 1 nitrogen and oxygen atoms in total. The predicted octanol–water partition coefficient (Wildman–Crippen LogP) is 2.18. The number of fused-ring (bicyclic) bond motifs is 1. The highest BCUT2D eigenvalue weighted by molar-refractivity contribution is 5.96. The van der Waals surface area contributed by atoms with Gasteiger partial charge in [0.1, 0.15) is 0 Å². The maximum Gasteiger partial charge on any atom is 0.158 e. The van der Waals surface area contributed by atoms with Crippen molar-refractivity contribution in [1.29, 1.82) is 0 Å². The van der Waals surface area contributed by atoms with Crippen LogP contribution in [0.1, 0.15) is 26.7 Å². The molecular weight excluding hydrogens is 136 g/mol. The van der Waals surface area contributed by atoms with Gasteiger partial charge in [0.05, 0.1) is 0 Å². The predicted molar refractivity (Wildman–Crippen MR) is 44.1 cm³/mol. The lowest BCUT2D eigenvalue weighted by Gasteiger charge is -2.08. The highest BCUT2D eigenvalue weighted by Crippen LogP contribution is 2.64. The lowest BCUT2D eigenvalue weighted by atomic mass is 9.95. The largest absolute Gasteiger partial charge is 0.295 e. The molecule has 0 saturated heterocycles. The van der Waals surface area contributed by atoms with Crippen LogP contribution in [0.15, 0.2) is 12.2 Å². The fraction of sp³-hybridized carbons (Fsp3) is 0.700. The van der Waals surface area contributed by atoms with Crippen molar-refractivity contribution in [2.45, 2.75) is 26.7 Å². The number of ketones is 1. The second kappa shape index (κ2) is 1.77. The highest BCUT2D eigenvalue weighted by atomic mass is 16.1. The molecule has 0 amide bonds. The van der Waals surface area contributed by atoms with E-state index in [4.69, 9.17) is 0 Å². The van der Waals surface area contributed by atoms with E-state index in [9.17, 15) is 4.79 Å². The van der Waals surface area contributed by atoms with Crippen LogP contribution in [0.3, 0.4) is 0 Å². The summed E-state index contributed by atoms with van der Waals surface area (Å²) in [4.78, 5) is 11.2. The fourth-order valence-corrected chi connectivity index (χ4v) is 2.39. The zero-order valence-electron chi connectivity index (χ0n) is 7.18. The Kier molecular flexibility index (Phi) is 1.14. The Labute approximate surface area is 67.5 Å². The molecule has 2 rings (SSSR count). The minimum Gasteiger partial charge on any atom is -0.295 e. The van der Waals surface area contributed by atoms with Crippen molar-refractivity contribution in [2.75, 3.05) is 0 Å². The Morgan fingerprint density at radius 2 is 1.91 bits per heavy atom. The first kappa shape index (κ1) is 7.08. The molecule has 1 unspecified atom stereocenters. The zero-order valence-corrected chi connectivity index (χ0v) is 7.18. The summed E-state index contributed by atoms with van der Waals surface area (Å²) in [6.07, 6.45) is 1.72. The third-order valence-electron chi connectivity index (χ3n) is 3.55. The summed E-state index contributed by atoms with van der Waals surface area (Å²) in [6.45, 7) is 8.30. The fourth-order valence-electron chi connectivity index (χ4n) is 2.39. The van der Waals surface area contributed by atoms with Crippen LogP contribution in [0, 0.1) is 17.3 Å². The lowest BCUT2D eigenvalue weighted by Crippen LogP contribution is -2.09. The van der Waals surface area contributed by atoms with Crippen LogP contribution in [-0.4, -0.2) is 5.78 Å². The Morgan fingerprint density at radius 3 is 2.45 bits per heavy atom. The zero-order chi connectivity index (χ0) is 8.22. The van der Waals surface area contributed by atoms with Crippen molar-refractivity contribution in [3.63, 3.8) is 0 Å². The number of hydrogen-bond donors (Lipinski definition) is 0. The lowest BCUT2D eigenvalue weighted by molar-refractivity contribution is -0.116. The topological polar surface area (TPSA) is 17.1 Å². The van der Waals surface area contributed by atoms with E-state index < -0.39 is 0 Å². The summed E-state index contributed by atoms with van der Waals surface area (Å²) >= 11 is 0. The quantitative estimate of drug-likeness (QED) is 0.484. The van der Waals surface area contributed by atoms with Crippen molar-refractivity contribution < 1.29 is 4.79 Å². The number of Topliss-reactive ketones (excluding diaryl/α,β-unsaturated/α-hetero) is 1. The van der Waals surface area contributed by atoms with Gasteiger partial charge in [-0.25, -0.2) is 0 Å². The smallest absolute Gasteiger partial charge is 0.158 e. The van der Waals surface area contributed by atoms with E-state index in [0.717, 1.165) is 24.3 Å². The number of rotatable bonds is 0. The van der Waals surface area contributed by atoms with E-state index >= 15 is 0 Å². The molecule has 2 saturated carbocycles. The first-order valence-electron chi connectivity index (χ1n) is 4.24. The number of hydrogen-bond acceptors (Lipinski definition) is 1. The van der Waals surface area contributed by atoms with Gasteiger partial charge in [0.2, 0.25) is 0 Å². The Balaban J connectivity index is 2.18. The number of allylic oxidation sites excluding steroid dienone is 1. The Bertz CT molecular complexity index is 213. The third-order valence-corrected chi connectivity index (χ3v) is 3.55. The van der Waals surface area contributed by atoms with Gasteiger partial charge in [0.25, 0.3) is 0 Å². The molecule has 0 bridgehead atoms. The van der Waals surface area contributed by atoms with E-state index in [1.165, 1.54) is 0 Å². The molecule has 2 aliphatic carbocycles. The molecule has 0 N–H and O–H groups in total. The molecule has 2 atom stereocenters. The van der Waals surface area contributed by atoms with Crippen LogP contribution in [-0.2, 0) is 4.79 Å². The monoisotopic (exact) mass is 150 g/mol. The van der Waals surface area contributed by atoms with Crippen molar-refractivity contribution in [3.8, 4) is 0 Å². The van der Waals surface area contributed by atoms with Gasteiger partial charge in [0.15, 0.2) is 5.78 Å². The average Bonchev–Trinajstić information content (AvgIpc) is 2.39. The molecule has 1 heteroatoms. The molecule has 0 aromatic carbocycles. The molecular formula is C10H14O. The summed E-state index contributed by atoms with van der Waals surface area (Å²) in [6, 6.07) is 0. The van der Waals surface area contributed by atoms with E-state index in [0.29, 0.717) is 17.1 Å². The highest BCUT2D eigenvalue weighted by Gasteiger charge is 2.59. The van der Waals surface area contributed by atoms with Crippen LogP contribution in [0.25, 0.3) is 0 Å². The number of carbonyl (C=O) groups is 1. The molecule has 0 radical (unpaired) electrons. The summed E-state index contributed by atoms with van der Waals surface area (Å²) < 4.78 is 0. The van der Waals surface area contributed by atoms with Crippen LogP contribution in [0.5, 0.6) is 0 Å². The second-order valence-corrected chi connectivity index (χ2v) is 4.47. The van der Waals surface area contributed by atoms with E-state index in [2.05, 4.69) is 20.4 Å². The summed E-state index contributed by atoms with van der Waals surface area (Å²) in [5.74, 6) is 1.73. The first-order valence-corrected chi connectivity index (χ1v) is 4.24. The molecule has 0 aromatic rings. The van der Waals surface area contributed by atoms with Gasteiger partial charge >= 0.3 is 0 Å². The average molecular weight is 150 g/mol. The van der Waals surface area contributed by atoms with Crippen molar-refractivity contribution in [1.82, 2.24) is 0 Å². The SMILES string of the molecule is C=C1CC2[C@@H](CC1=O)C2(C)C. The summed E-state index contributed by atoms with van der Waals surface area (Å²) in [7, 11) is 0. The molecule has 60 valence electrons. The molecule has 0 aromatic heterocycles. The normalized spacial score (nSPS) is 40.2. The minimum absolute atomic E-state index is 0.303. The van der Waals surface area contributed by atoms with Gasteiger partial charge in [0, 0.05) is 6.42 Å². The standard InChI is InChI=1S/C10H14O/c1-6-4-7-8(5-9(6)11)10(7,2)3/h7-8H,1,4-5H2,2-3H3/t7?,8-/m1/s1. The van der Waals surface area contributed by atoms with E-state index in [-0.39, 0.29) is 0 Å². The van der Waals surface area contributed by atoms with Crippen LogP contribution in [0.2, 0.25) is 0 Å². The van der Waals surface area contributed by atoms with Gasteiger partial charge < -0.3 is 0 Å². The van der Waals surface area contributed by atoms with Crippen LogP contribution in [0.4, 0.5) is 0 Å². The third kappa shape index (κ3) is 0.800. The van der Waals surface area contributed by atoms with E-state index in [1.807, 2.05) is 0 Å². The van der Waals surface area contributed by atoms with Crippen molar-refractivity contribution in [2.24, 2.45) is 17.3 Å². The molecule has 0 heterocycles. The molecule has 2 aliphatic rings. The molecule has 0 spiro atoms. The Morgan fingerprint density at radius 1 is 1.36 bits per heavy atom. The Hall–Kier alpha value is -0.590. The van der Waals surface area contributed by atoms with E-state index in [1.54, 1.807) is 0 Å². The van der Waals surface area contributed by atoms with Gasteiger partial charge in [-0.1, -0.05) is 20.4 Å². The van der Waals surface area contributed by atoms with Crippen LogP contribution < -0.4 is 0 Å². The summed E-state index contributed by atoms with van der Waals surface area (Å²) in [5.41, 5.74) is 1.28. The number of carbonyl (C=O) groups excluding carboxylic acids is 1.